The largest absolute Gasteiger partial charge is 0.493 e. The maximum absolute atomic E-state index is 12.7. The molecule has 0 saturated carbocycles. The highest BCUT2D eigenvalue weighted by Crippen LogP contribution is 2.32. The van der Waals surface area contributed by atoms with Crippen LogP contribution in [-0.2, 0) is 4.79 Å². The van der Waals surface area contributed by atoms with Gasteiger partial charge in [0.2, 0.25) is 0 Å². The number of hydrogen-bond donors (Lipinski definition) is 1. The Balaban J connectivity index is 3.30. The first-order chi connectivity index (χ1) is 9.72. The van der Waals surface area contributed by atoms with Gasteiger partial charge in [-0.25, -0.2) is 0 Å². The van der Waals surface area contributed by atoms with Crippen LogP contribution in [0.4, 0.5) is 0 Å². The first-order valence-corrected chi connectivity index (χ1v) is 6.47. The van der Waals surface area contributed by atoms with Crippen LogP contribution >= 0.6 is 0 Å². The number of amides is 1. The molecular formula is C15H21NO5. The number of aliphatic carboxylic acids is 1. The average molecular weight is 295 g/mol. The van der Waals surface area contributed by atoms with Crippen LogP contribution in [0.25, 0.3) is 0 Å². The first kappa shape index (κ1) is 16.8. The Labute approximate surface area is 124 Å². The number of ether oxygens (including phenoxy) is 2. The van der Waals surface area contributed by atoms with Gasteiger partial charge in [0.15, 0.2) is 11.5 Å². The highest BCUT2D eigenvalue weighted by atomic mass is 16.5. The Hall–Kier alpha value is -2.24. The van der Waals surface area contributed by atoms with Gasteiger partial charge in [0, 0.05) is 5.54 Å². The van der Waals surface area contributed by atoms with Gasteiger partial charge >= 0.3 is 5.97 Å². The predicted molar refractivity (Wildman–Crippen MR) is 78.0 cm³/mol. The second kappa shape index (κ2) is 6.47. The number of benzene rings is 1. The van der Waals surface area contributed by atoms with Crippen LogP contribution in [0, 0.1) is 0 Å². The molecule has 0 aliphatic heterocycles. The normalized spacial score (nSPS) is 10.9. The van der Waals surface area contributed by atoms with Gasteiger partial charge in [-0.1, -0.05) is 6.07 Å². The van der Waals surface area contributed by atoms with E-state index in [2.05, 4.69) is 0 Å². The molecule has 0 radical (unpaired) electrons. The maximum atomic E-state index is 12.7. The molecule has 0 aliphatic carbocycles. The zero-order valence-corrected chi connectivity index (χ0v) is 13.0. The van der Waals surface area contributed by atoms with Crippen molar-refractivity contribution >= 4 is 11.9 Å². The molecule has 0 aliphatic rings. The quantitative estimate of drug-likeness (QED) is 0.899. The summed E-state index contributed by atoms with van der Waals surface area (Å²) in [6.07, 6.45) is 0. The fraction of sp³-hybridized carbons (Fsp3) is 0.467. The lowest BCUT2D eigenvalue weighted by atomic mass is 10.0. The molecule has 0 unspecified atom stereocenters. The zero-order valence-electron chi connectivity index (χ0n) is 13.0. The number of methoxy groups -OCH3 is 2. The summed E-state index contributed by atoms with van der Waals surface area (Å²) in [4.78, 5) is 25.0. The number of carbonyl (C=O) groups excluding carboxylic acids is 1. The Bertz CT molecular complexity index is 533. The molecule has 1 aromatic carbocycles. The van der Waals surface area contributed by atoms with Crippen LogP contribution in [0.3, 0.4) is 0 Å². The molecule has 0 heterocycles. The van der Waals surface area contributed by atoms with Crippen molar-refractivity contribution in [1.29, 1.82) is 0 Å². The van der Waals surface area contributed by atoms with Crippen LogP contribution in [-0.4, -0.2) is 48.2 Å². The molecule has 1 aromatic rings. The van der Waals surface area contributed by atoms with Crippen molar-refractivity contribution in [3.63, 3.8) is 0 Å². The summed E-state index contributed by atoms with van der Waals surface area (Å²) in [5, 5.41) is 9.02. The third-order valence-electron chi connectivity index (χ3n) is 2.98. The minimum atomic E-state index is -1.07. The molecule has 1 rings (SSSR count). The fourth-order valence-electron chi connectivity index (χ4n) is 1.95. The molecule has 0 fully saturated rings. The Morgan fingerprint density at radius 3 is 2.24 bits per heavy atom. The second-order valence-corrected chi connectivity index (χ2v) is 5.50. The summed E-state index contributed by atoms with van der Waals surface area (Å²) in [5.74, 6) is -0.766. The monoisotopic (exact) mass is 295 g/mol. The van der Waals surface area contributed by atoms with Crippen molar-refractivity contribution in [1.82, 2.24) is 4.90 Å². The lowest BCUT2D eigenvalue weighted by Gasteiger charge is -2.34. The predicted octanol–water partition coefficient (Wildman–Crippen LogP) is 2.03. The number of carboxylic acid groups (broad SMARTS) is 1. The van der Waals surface area contributed by atoms with E-state index in [0.717, 1.165) is 0 Å². The van der Waals surface area contributed by atoms with E-state index in [9.17, 15) is 9.59 Å². The van der Waals surface area contributed by atoms with Gasteiger partial charge in [-0.05, 0) is 32.9 Å². The first-order valence-electron chi connectivity index (χ1n) is 6.47. The maximum Gasteiger partial charge on any atom is 0.323 e. The number of rotatable bonds is 5. The molecule has 0 saturated heterocycles. The lowest BCUT2D eigenvalue weighted by Crippen LogP contribution is -2.48. The Morgan fingerprint density at radius 1 is 1.19 bits per heavy atom. The van der Waals surface area contributed by atoms with Gasteiger partial charge in [0.05, 0.1) is 19.8 Å². The number of hydrogen-bond acceptors (Lipinski definition) is 4. The topological polar surface area (TPSA) is 76.1 Å². The molecule has 0 aromatic heterocycles. The Morgan fingerprint density at radius 2 is 1.81 bits per heavy atom. The van der Waals surface area contributed by atoms with Crippen LogP contribution in [0.5, 0.6) is 11.5 Å². The van der Waals surface area contributed by atoms with Crippen LogP contribution in [0.2, 0.25) is 0 Å². The third-order valence-corrected chi connectivity index (χ3v) is 2.98. The van der Waals surface area contributed by atoms with E-state index in [4.69, 9.17) is 14.6 Å². The van der Waals surface area contributed by atoms with Gasteiger partial charge in [-0.15, -0.1) is 0 Å². The van der Waals surface area contributed by atoms with Gasteiger partial charge in [0.1, 0.15) is 6.54 Å². The third kappa shape index (κ3) is 3.87. The molecule has 1 amide bonds. The molecule has 21 heavy (non-hydrogen) atoms. The van der Waals surface area contributed by atoms with Crippen molar-refractivity contribution < 1.29 is 24.2 Å². The van der Waals surface area contributed by atoms with Crippen LogP contribution in [0.1, 0.15) is 31.1 Å². The van der Waals surface area contributed by atoms with Crippen molar-refractivity contribution in [2.45, 2.75) is 26.3 Å². The summed E-state index contributed by atoms with van der Waals surface area (Å²) in [5.41, 5.74) is -0.364. The van der Waals surface area contributed by atoms with Crippen LogP contribution in [0.15, 0.2) is 18.2 Å². The standard InChI is InChI=1S/C15H21NO5/c1-15(2,3)16(9-12(17)18)14(19)10-7-6-8-11(20-4)13(10)21-5/h6-8H,9H2,1-5H3,(H,17,18). The highest BCUT2D eigenvalue weighted by Gasteiger charge is 2.31. The molecular weight excluding hydrogens is 274 g/mol. The fourth-order valence-corrected chi connectivity index (χ4v) is 1.95. The van der Waals surface area contributed by atoms with Gasteiger partial charge in [0.25, 0.3) is 5.91 Å². The molecule has 6 heteroatoms. The van der Waals surface area contributed by atoms with Crippen molar-refractivity contribution in [3.05, 3.63) is 23.8 Å². The summed E-state index contributed by atoms with van der Waals surface area (Å²) in [6.45, 7) is 4.95. The van der Waals surface area contributed by atoms with Crippen molar-refractivity contribution in [3.8, 4) is 11.5 Å². The van der Waals surface area contributed by atoms with Gasteiger partial charge < -0.3 is 19.5 Å². The number of carboxylic acids is 1. The van der Waals surface area contributed by atoms with E-state index in [-0.39, 0.29) is 12.1 Å². The van der Waals surface area contributed by atoms with E-state index < -0.39 is 17.4 Å². The van der Waals surface area contributed by atoms with E-state index >= 15 is 0 Å². The molecule has 6 nitrogen and oxygen atoms in total. The SMILES string of the molecule is COc1cccc(C(=O)N(CC(=O)O)C(C)(C)C)c1OC. The molecule has 1 N–H and O–H groups in total. The van der Waals surface area contributed by atoms with Crippen LogP contribution < -0.4 is 9.47 Å². The molecule has 0 atom stereocenters. The van der Waals surface area contributed by atoms with E-state index in [1.807, 2.05) is 0 Å². The summed E-state index contributed by atoms with van der Waals surface area (Å²) >= 11 is 0. The molecule has 0 bridgehead atoms. The van der Waals surface area contributed by atoms with Crippen molar-refractivity contribution in [2.75, 3.05) is 20.8 Å². The van der Waals surface area contributed by atoms with Crippen molar-refractivity contribution in [2.24, 2.45) is 0 Å². The van der Waals surface area contributed by atoms with E-state index in [1.165, 1.54) is 19.1 Å². The smallest absolute Gasteiger partial charge is 0.323 e. The Kier molecular flexibility index (Phi) is 5.18. The molecule has 116 valence electrons. The minimum Gasteiger partial charge on any atom is -0.493 e. The summed E-state index contributed by atoms with van der Waals surface area (Å²) in [6, 6.07) is 4.93. The summed E-state index contributed by atoms with van der Waals surface area (Å²) < 4.78 is 10.4. The number of nitrogens with zero attached hydrogens (tertiary/aromatic N) is 1. The highest BCUT2D eigenvalue weighted by molar-refractivity contribution is 5.99. The number of para-hydroxylation sites is 1. The van der Waals surface area contributed by atoms with Gasteiger partial charge in [-0.2, -0.15) is 0 Å². The second-order valence-electron chi connectivity index (χ2n) is 5.50. The van der Waals surface area contributed by atoms with E-state index in [0.29, 0.717) is 11.5 Å². The zero-order chi connectivity index (χ0) is 16.2. The number of carbonyl (C=O) groups is 2. The lowest BCUT2D eigenvalue weighted by molar-refractivity contribution is -0.138. The minimum absolute atomic E-state index is 0.271. The summed E-state index contributed by atoms with van der Waals surface area (Å²) in [7, 11) is 2.91. The van der Waals surface area contributed by atoms with E-state index in [1.54, 1.807) is 39.0 Å². The van der Waals surface area contributed by atoms with Gasteiger partial charge in [-0.3, -0.25) is 9.59 Å². The average Bonchev–Trinajstić information content (AvgIpc) is 2.41. The molecule has 0 spiro atoms.